The van der Waals surface area contributed by atoms with E-state index in [1.54, 1.807) is 0 Å². The van der Waals surface area contributed by atoms with Crippen LogP contribution in [0.15, 0.2) is 54.6 Å². The van der Waals surface area contributed by atoms with Crippen molar-refractivity contribution in [3.8, 4) is 0 Å². The number of morpholine rings is 1. The van der Waals surface area contributed by atoms with E-state index in [4.69, 9.17) is 4.74 Å². The summed E-state index contributed by atoms with van der Waals surface area (Å²) in [5.41, 5.74) is 3.07. The number of nitrogens with one attached hydrogen (secondary N) is 3. The Balaban J connectivity index is 0.00000243. The molecule has 0 aliphatic carbocycles. The maximum atomic E-state index is 12.1. The van der Waals surface area contributed by atoms with Crippen LogP contribution in [0.5, 0.6) is 0 Å². The number of amides is 1. The third kappa shape index (κ3) is 6.02. The maximum absolute atomic E-state index is 12.1. The molecule has 0 saturated carbocycles. The highest BCUT2D eigenvalue weighted by atomic mass is 35.5. The fourth-order valence-electron chi connectivity index (χ4n) is 2.91. The first kappa shape index (κ1) is 20.2. The van der Waals surface area contributed by atoms with Crippen LogP contribution in [0.4, 0.5) is 11.4 Å². The van der Waals surface area contributed by atoms with E-state index in [0.717, 1.165) is 17.9 Å². The number of carbonyl (C=O) groups excluding carboxylic acids is 1. The van der Waals surface area contributed by atoms with E-state index >= 15 is 0 Å². The zero-order valence-electron chi connectivity index (χ0n) is 14.9. The molecule has 1 saturated heterocycles. The van der Waals surface area contributed by atoms with Gasteiger partial charge in [0.05, 0.1) is 13.2 Å². The van der Waals surface area contributed by atoms with Crippen molar-refractivity contribution >= 4 is 29.7 Å². The second kappa shape index (κ2) is 10.2. The van der Waals surface area contributed by atoms with Crippen LogP contribution >= 0.6 is 12.4 Å². The van der Waals surface area contributed by atoms with Gasteiger partial charge in [-0.25, -0.2) is 0 Å². The van der Waals surface area contributed by atoms with Crippen molar-refractivity contribution in [2.24, 2.45) is 0 Å². The molecule has 3 rings (SSSR count). The van der Waals surface area contributed by atoms with Gasteiger partial charge in [0.15, 0.2) is 0 Å². The molecule has 2 aromatic rings. The summed E-state index contributed by atoms with van der Waals surface area (Å²) >= 11 is 0. The third-order valence-electron chi connectivity index (χ3n) is 4.28. The normalized spacial score (nSPS) is 17.7. The van der Waals surface area contributed by atoms with Crippen LogP contribution in [0.1, 0.15) is 24.9 Å². The zero-order chi connectivity index (χ0) is 17.5. The van der Waals surface area contributed by atoms with Gasteiger partial charge in [0.25, 0.3) is 0 Å². The lowest BCUT2D eigenvalue weighted by Crippen LogP contribution is -2.43. The van der Waals surface area contributed by atoms with Crippen LogP contribution in [0.25, 0.3) is 0 Å². The van der Waals surface area contributed by atoms with Gasteiger partial charge in [0.2, 0.25) is 5.91 Å². The molecule has 0 radical (unpaired) electrons. The van der Waals surface area contributed by atoms with Crippen LogP contribution in [0.3, 0.4) is 0 Å². The van der Waals surface area contributed by atoms with E-state index in [1.165, 1.54) is 5.56 Å². The number of anilines is 2. The van der Waals surface area contributed by atoms with Gasteiger partial charge in [0, 0.05) is 36.4 Å². The van der Waals surface area contributed by atoms with E-state index in [1.807, 2.05) is 42.5 Å². The number of hydrogen-bond donors (Lipinski definition) is 3. The Kier molecular flexibility index (Phi) is 7.91. The van der Waals surface area contributed by atoms with Gasteiger partial charge >= 0.3 is 0 Å². The van der Waals surface area contributed by atoms with Gasteiger partial charge in [-0.05, 0) is 36.8 Å². The first-order chi connectivity index (χ1) is 12.2. The molecule has 0 aromatic heterocycles. The molecule has 0 bridgehead atoms. The standard InChI is InChI=1S/C20H25N3O2.ClH/c1-15(16-5-3-2-4-6-16)22-17-7-9-18(10-8-17)23-20(24)13-19-14-25-12-11-21-19;/h2-10,15,19,21-22H,11-14H2,1H3,(H,23,24);1H. The fourth-order valence-corrected chi connectivity index (χ4v) is 2.91. The predicted octanol–water partition coefficient (Wildman–Crippen LogP) is 3.60. The summed E-state index contributed by atoms with van der Waals surface area (Å²) in [5.74, 6) is 0.00126. The SMILES string of the molecule is CC(Nc1ccc(NC(=O)CC2COCCN2)cc1)c1ccccc1.Cl. The van der Waals surface area contributed by atoms with Gasteiger partial charge in [-0.1, -0.05) is 30.3 Å². The first-order valence-corrected chi connectivity index (χ1v) is 8.73. The van der Waals surface area contributed by atoms with E-state index in [2.05, 4.69) is 35.0 Å². The topological polar surface area (TPSA) is 62.4 Å². The Morgan fingerprint density at radius 1 is 1.15 bits per heavy atom. The van der Waals surface area contributed by atoms with Gasteiger partial charge < -0.3 is 20.7 Å². The Morgan fingerprint density at radius 2 is 1.85 bits per heavy atom. The Morgan fingerprint density at radius 3 is 2.50 bits per heavy atom. The molecule has 5 nitrogen and oxygen atoms in total. The average Bonchev–Trinajstić information content (AvgIpc) is 2.65. The van der Waals surface area contributed by atoms with Crippen LogP contribution in [-0.2, 0) is 9.53 Å². The van der Waals surface area contributed by atoms with Gasteiger partial charge in [0.1, 0.15) is 0 Å². The molecule has 0 spiro atoms. The summed E-state index contributed by atoms with van der Waals surface area (Å²) in [5, 5.41) is 9.69. The first-order valence-electron chi connectivity index (χ1n) is 8.73. The molecule has 2 unspecified atom stereocenters. The number of ether oxygens (including phenoxy) is 1. The van der Waals surface area contributed by atoms with Crippen LogP contribution < -0.4 is 16.0 Å². The lowest BCUT2D eigenvalue weighted by Gasteiger charge is -2.23. The van der Waals surface area contributed by atoms with E-state index in [0.29, 0.717) is 19.6 Å². The number of halogens is 1. The summed E-state index contributed by atoms with van der Waals surface area (Å²) in [7, 11) is 0. The number of hydrogen-bond acceptors (Lipinski definition) is 4. The second-order valence-corrected chi connectivity index (χ2v) is 6.33. The minimum absolute atomic E-state index is 0. The number of benzene rings is 2. The van der Waals surface area contributed by atoms with Gasteiger partial charge in [-0.2, -0.15) is 0 Å². The Bertz CT molecular complexity index is 673. The van der Waals surface area contributed by atoms with Crippen LogP contribution in [0.2, 0.25) is 0 Å². The molecule has 1 aliphatic rings. The van der Waals surface area contributed by atoms with Gasteiger partial charge in [-0.15, -0.1) is 12.4 Å². The molecule has 1 heterocycles. The van der Waals surface area contributed by atoms with Crippen LogP contribution in [-0.4, -0.2) is 31.7 Å². The molecular formula is C20H26ClN3O2. The van der Waals surface area contributed by atoms with Crippen molar-refractivity contribution < 1.29 is 9.53 Å². The lowest BCUT2D eigenvalue weighted by atomic mass is 10.1. The quantitative estimate of drug-likeness (QED) is 0.722. The number of rotatable bonds is 6. The van der Waals surface area contributed by atoms with E-state index in [9.17, 15) is 4.79 Å². The van der Waals surface area contributed by atoms with Crippen LogP contribution in [0, 0.1) is 0 Å². The highest BCUT2D eigenvalue weighted by Crippen LogP contribution is 2.20. The molecule has 3 N–H and O–H groups in total. The summed E-state index contributed by atoms with van der Waals surface area (Å²) in [6.45, 7) is 4.24. The minimum Gasteiger partial charge on any atom is -0.379 e. The molecule has 2 atom stereocenters. The highest BCUT2D eigenvalue weighted by Gasteiger charge is 2.16. The molecule has 140 valence electrons. The molecule has 1 aliphatic heterocycles. The van der Waals surface area contributed by atoms with Crippen molar-refractivity contribution in [1.82, 2.24) is 5.32 Å². The fraction of sp³-hybridized carbons (Fsp3) is 0.350. The summed E-state index contributed by atoms with van der Waals surface area (Å²) < 4.78 is 5.37. The summed E-state index contributed by atoms with van der Waals surface area (Å²) in [6, 6.07) is 18.4. The number of carbonyl (C=O) groups is 1. The smallest absolute Gasteiger partial charge is 0.226 e. The second-order valence-electron chi connectivity index (χ2n) is 6.33. The summed E-state index contributed by atoms with van der Waals surface area (Å²) in [4.78, 5) is 12.1. The van der Waals surface area contributed by atoms with E-state index in [-0.39, 0.29) is 30.4 Å². The van der Waals surface area contributed by atoms with E-state index < -0.39 is 0 Å². The molecular weight excluding hydrogens is 350 g/mol. The maximum Gasteiger partial charge on any atom is 0.226 e. The van der Waals surface area contributed by atoms with Crippen molar-refractivity contribution in [3.63, 3.8) is 0 Å². The van der Waals surface area contributed by atoms with Crippen molar-refractivity contribution in [3.05, 3.63) is 60.2 Å². The molecule has 6 heteroatoms. The van der Waals surface area contributed by atoms with Crippen molar-refractivity contribution in [2.75, 3.05) is 30.4 Å². The minimum atomic E-state index is 0. The molecule has 2 aromatic carbocycles. The van der Waals surface area contributed by atoms with Crippen molar-refractivity contribution in [2.45, 2.75) is 25.4 Å². The Labute approximate surface area is 160 Å². The predicted molar refractivity (Wildman–Crippen MR) is 108 cm³/mol. The molecule has 26 heavy (non-hydrogen) atoms. The third-order valence-corrected chi connectivity index (χ3v) is 4.28. The molecule has 1 amide bonds. The lowest BCUT2D eigenvalue weighted by molar-refractivity contribution is -0.117. The average molecular weight is 376 g/mol. The highest BCUT2D eigenvalue weighted by molar-refractivity contribution is 5.91. The van der Waals surface area contributed by atoms with Crippen molar-refractivity contribution in [1.29, 1.82) is 0 Å². The van der Waals surface area contributed by atoms with Gasteiger partial charge in [-0.3, -0.25) is 4.79 Å². The largest absolute Gasteiger partial charge is 0.379 e. The molecule has 1 fully saturated rings. The monoisotopic (exact) mass is 375 g/mol. The summed E-state index contributed by atoms with van der Waals surface area (Å²) in [6.07, 6.45) is 0.422. The Hall–Kier alpha value is -2.08. The zero-order valence-corrected chi connectivity index (χ0v) is 15.7.